The van der Waals surface area contributed by atoms with Crippen molar-refractivity contribution in [3.8, 4) is 5.75 Å². The number of likely N-dealkylation sites (N-methyl/N-ethyl adjacent to an activating group) is 1. The molecule has 3 amide bonds. The number of likely N-dealkylation sites (tertiary alicyclic amines) is 1. The van der Waals surface area contributed by atoms with Crippen molar-refractivity contribution in [3.05, 3.63) is 30.1 Å². The summed E-state index contributed by atoms with van der Waals surface area (Å²) in [6.45, 7) is 3.05. The number of ether oxygens (including phenoxy) is 1. The molecule has 3 rings (SSSR count). The van der Waals surface area contributed by atoms with Crippen LogP contribution in [0.5, 0.6) is 5.75 Å². The van der Waals surface area contributed by atoms with Crippen LogP contribution in [0.1, 0.15) is 12.8 Å². The van der Waals surface area contributed by atoms with Gasteiger partial charge in [0.15, 0.2) is 11.6 Å². The summed E-state index contributed by atoms with van der Waals surface area (Å²) < 4.78 is 19.2. The molecular formula is C18H24FN3O3. The molecule has 0 aliphatic carbocycles. The second-order valence-corrected chi connectivity index (χ2v) is 6.72. The van der Waals surface area contributed by atoms with E-state index < -0.39 is 0 Å². The lowest BCUT2D eigenvalue weighted by Gasteiger charge is -2.33. The SMILES string of the molecule is CN1CCN(CC(=O)N2CCC[C@H](COc3ccccc3F)C2)C1=O. The molecule has 25 heavy (non-hydrogen) atoms. The summed E-state index contributed by atoms with van der Waals surface area (Å²) in [5.41, 5.74) is 0. The minimum Gasteiger partial charge on any atom is -0.490 e. The first kappa shape index (κ1) is 17.5. The topological polar surface area (TPSA) is 53.1 Å². The monoisotopic (exact) mass is 349 g/mol. The van der Waals surface area contributed by atoms with Gasteiger partial charge in [-0.15, -0.1) is 0 Å². The molecule has 136 valence electrons. The predicted molar refractivity (Wildman–Crippen MR) is 90.8 cm³/mol. The van der Waals surface area contributed by atoms with Gasteiger partial charge in [0.05, 0.1) is 6.61 Å². The average Bonchev–Trinajstić information content (AvgIpc) is 2.93. The van der Waals surface area contributed by atoms with Crippen LogP contribution in [0.25, 0.3) is 0 Å². The van der Waals surface area contributed by atoms with Crippen molar-refractivity contribution in [2.45, 2.75) is 12.8 Å². The Kier molecular flexibility index (Phi) is 5.40. The normalized spacial score (nSPS) is 21.0. The fourth-order valence-corrected chi connectivity index (χ4v) is 3.31. The van der Waals surface area contributed by atoms with Gasteiger partial charge in [0.1, 0.15) is 6.54 Å². The second kappa shape index (κ2) is 7.72. The fourth-order valence-electron chi connectivity index (χ4n) is 3.31. The van der Waals surface area contributed by atoms with Gasteiger partial charge in [-0.05, 0) is 25.0 Å². The number of halogens is 1. The molecule has 1 aromatic rings. The van der Waals surface area contributed by atoms with Gasteiger partial charge in [0.2, 0.25) is 5.91 Å². The quantitative estimate of drug-likeness (QED) is 0.815. The van der Waals surface area contributed by atoms with Gasteiger partial charge in [-0.1, -0.05) is 12.1 Å². The van der Waals surface area contributed by atoms with E-state index in [4.69, 9.17) is 4.74 Å². The zero-order chi connectivity index (χ0) is 17.8. The summed E-state index contributed by atoms with van der Waals surface area (Å²) in [4.78, 5) is 29.4. The molecule has 1 aromatic carbocycles. The van der Waals surface area contributed by atoms with Gasteiger partial charge in [0.25, 0.3) is 0 Å². The van der Waals surface area contributed by atoms with E-state index in [2.05, 4.69) is 0 Å². The van der Waals surface area contributed by atoms with E-state index in [-0.39, 0.29) is 36.0 Å². The number of piperidine rings is 1. The van der Waals surface area contributed by atoms with Gasteiger partial charge < -0.3 is 19.4 Å². The van der Waals surface area contributed by atoms with Crippen LogP contribution >= 0.6 is 0 Å². The third kappa shape index (κ3) is 4.21. The van der Waals surface area contributed by atoms with Crippen LogP contribution in [-0.2, 0) is 4.79 Å². The average molecular weight is 349 g/mol. The third-order valence-corrected chi connectivity index (χ3v) is 4.81. The van der Waals surface area contributed by atoms with Crippen LogP contribution in [0.2, 0.25) is 0 Å². The fraction of sp³-hybridized carbons (Fsp3) is 0.556. The molecule has 0 bridgehead atoms. The number of rotatable bonds is 5. The molecule has 2 saturated heterocycles. The smallest absolute Gasteiger partial charge is 0.320 e. The molecule has 2 aliphatic heterocycles. The first-order valence-electron chi connectivity index (χ1n) is 8.69. The highest BCUT2D eigenvalue weighted by Gasteiger charge is 2.30. The Morgan fingerprint density at radius 3 is 2.80 bits per heavy atom. The minimum absolute atomic E-state index is 0.0285. The maximum Gasteiger partial charge on any atom is 0.320 e. The van der Waals surface area contributed by atoms with E-state index in [0.717, 1.165) is 12.8 Å². The minimum atomic E-state index is -0.372. The number of para-hydroxylation sites is 1. The van der Waals surface area contributed by atoms with Gasteiger partial charge in [0, 0.05) is 39.1 Å². The van der Waals surface area contributed by atoms with E-state index in [1.54, 1.807) is 39.9 Å². The summed E-state index contributed by atoms with van der Waals surface area (Å²) >= 11 is 0. The highest BCUT2D eigenvalue weighted by Crippen LogP contribution is 2.21. The van der Waals surface area contributed by atoms with Crippen LogP contribution in [0, 0.1) is 11.7 Å². The molecule has 2 fully saturated rings. The number of carbonyl (C=O) groups is 2. The Hall–Kier alpha value is -2.31. The summed E-state index contributed by atoms with van der Waals surface area (Å²) in [6, 6.07) is 6.25. The van der Waals surface area contributed by atoms with Crippen LogP contribution in [0.3, 0.4) is 0 Å². The summed E-state index contributed by atoms with van der Waals surface area (Å²) in [5.74, 6) is 0.0214. The number of benzene rings is 1. The summed E-state index contributed by atoms with van der Waals surface area (Å²) in [6.07, 6.45) is 1.84. The van der Waals surface area contributed by atoms with Crippen molar-refractivity contribution in [1.29, 1.82) is 0 Å². The Balaban J connectivity index is 1.50. The molecule has 0 N–H and O–H groups in total. The molecule has 6 nitrogen and oxygen atoms in total. The maximum absolute atomic E-state index is 13.6. The van der Waals surface area contributed by atoms with Crippen LogP contribution < -0.4 is 4.74 Å². The molecule has 0 radical (unpaired) electrons. The van der Waals surface area contributed by atoms with Crippen molar-refractivity contribution in [1.82, 2.24) is 14.7 Å². The number of urea groups is 1. The highest BCUT2D eigenvalue weighted by atomic mass is 19.1. The zero-order valence-corrected chi connectivity index (χ0v) is 14.5. The van der Waals surface area contributed by atoms with Gasteiger partial charge >= 0.3 is 6.03 Å². The molecule has 7 heteroatoms. The van der Waals surface area contributed by atoms with Crippen molar-refractivity contribution < 1.29 is 18.7 Å². The largest absolute Gasteiger partial charge is 0.490 e. The van der Waals surface area contributed by atoms with Crippen LogP contribution in [-0.4, -0.2) is 73.0 Å². The lowest BCUT2D eigenvalue weighted by molar-refractivity contribution is -0.133. The number of hydrogen-bond donors (Lipinski definition) is 0. The number of carbonyl (C=O) groups excluding carboxylic acids is 2. The Bertz CT molecular complexity index is 640. The van der Waals surface area contributed by atoms with Gasteiger partial charge in [-0.25, -0.2) is 9.18 Å². The number of amides is 3. The molecule has 1 atom stereocenters. The van der Waals surface area contributed by atoms with Crippen molar-refractivity contribution in [2.24, 2.45) is 5.92 Å². The van der Waals surface area contributed by atoms with E-state index >= 15 is 0 Å². The highest BCUT2D eigenvalue weighted by molar-refractivity contribution is 5.85. The molecule has 2 aliphatic rings. The first-order chi connectivity index (χ1) is 12.0. The van der Waals surface area contributed by atoms with E-state index in [9.17, 15) is 14.0 Å². The van der Waals surface area contributed by atoms with E-state index in [1.165, 1.54) is 6.07 Å². The van der Waals surface area contributed by atoms with Gasteiger partial charge in [-0.2, -0.15) is 0 Å². The Labute approximate surface area is 147 Å². The zero-order valence-electron chi connectivity index (χ0n) is 14.5. The molecule has 0 unspecified atom stereocenters. The predicted octanol–water partition coefficient (Wildman–Crippen LogP) is 1.81. The number of nitrogens with zero attached hydrogens (tertiary/aromatic N) is 3. The third-order valence-electron chi connectivity index (χ3n) is 4.81. The van der Waals surface area contributed by atoms with Crippen molar-refractivity contribution in [2.75, 3.05) is 46.4 Å². The standard InChI is InChI=1S/C18H24FN3O3/c1-20-9-10-22(18(20)24)12-17(23)21-8-4-5-14(11-21)13-25-16-7-3-2-6-15(16)19/h2-3,6-7,14H,4-5,8-13H2,1H3/t14-/m0/s1. The van der Waals surface area contributed by atoms with Crippen LogP contribution in [0.4, 0.5) is 9.18 Å². The van der Waals surface area contributed by atoms with Crippen molar-refractivity contribution >= 4 is 11.9 Å². The molecule has 0 aromatic heterocycles. The number of hydrogen-bond acceptors (Lipinski definition) is 3. The van der Waals surface area contributed by atoms with Gasteiger partial charge in [-0.3, -0.25) is 4.79 Å². The lowest BCUT2D eigenvalue weighted by atomic mass is 9.99. The molecule has 0 spiro atoms. The Morgan fingerprint density at radius 1 is 1.28 bits per heavy atom. The molecule has 2 heterocycles. The maximum atomic E-state index is 13.6. The summed E-state index contributed by atoms with van der Waals surface area (Å²) in [5, 5.41) is 0. The molecule has 0 saturated carbocycles. The van der Waals surface area contributed by atoms with Crippen LogP contribution in [0.15, 0.2) is 24.3 Å². The molecular weight excluding hydrogens is 325 g/mol. The lowest BCUT2D eigenvalue weighted by Crippen LogP contribution is -2.46. The van der Waals surface area contributed by atoms with E-state index in [0.29, 0.717) is 32.8 Å². The summed E-state index contributed by atoms with van der Waals surface area (Å²) in [7, 11) is 1.74. The second-order valence-electron chi connectivity index (χ2n) is 6.72. The Morgan fingerprint density at radius 2 is 2.08 bits per heavy atom. The van der Waals surface area contributed by atoms with Crippen molar-refractivity contribution in [3.63, 3.8) is 0 Å². The first-order valence-corrected chi connectivity index (χ1v) is 8.69. The van der Waals surface area contributed by atoms with E-state index in [1.807, 2.05) is 0 Å².